The normalized spacial score (nSPS) is 18.7. The molecule has 152 valence electrons. The van der Waals surface area contributed by atoms with Gasteiger partial charge in [0, 0.05) is 19.0 Å². The summed E-state index contributed by atoms with van der Waals surface area (Å²) < 4.78 is 5.83. The summed E-state index contributed by atoms with van der Waals surface area (Å²) in [4.78, 5) is 26.6. The number of unbranched alkanes of at least 4 members (excludes halogenated alkanes) is 2. The minimum absolute atomic E-state index is 0.127. The number of Topliss-reactive ketones (excluding diaryl/α,β-unsaturated/α-hetero) is 1. The molecule has 0 atom stereocenters. The van der Waals surface area contributed by atoms with Gasteiger partial charge in [-0.1, -0.05) is 6.42 Å². The molecule has 6 nitrogen and oxygen atoms in total. The molecule has 0 spiro atoms. The predicted molar refractivity (Wildman–Crippen MR) is 111 cm³/mol. The van der Waals surface area contributed by atoms with Crippen LogP contribution < -0.4 is 4.90 Å². The summed E-state index contributed by atoms with van der Waals surface area (Å²) in [5.41, 5.74) is 1.33. The second-order valence-electron chi connectivity index (χ2n) is 8.75. The monoisotopic (exact) mass is 384 g/mol. The molecule has 4 rings (SSSR count). The number of carbonyl (C=O) groups excluding carboxylic acids is 1. The van der Waals surface area contributed by atoms with Gasteiger partial charge in [0.05, 0.1) is 10.9 Å². The molecule has 2 fully saturated rings. The van der Waals surface area contributed by atoms with Gasteiger partial charge < -0.3 is 14.2 Å². The fourth-order valence-electron chi connectivity index (χ4n) is 4.32. The molecule has 2 aromatic heterocycles. The molecule has 1 aliphatic carbocycles. The average Bonchev–Trinajstić information content (AvgIpc) is 3.08. The van der Waals surface area contributed by atoms with E-state index in [0.717, 1.165) is 36.9 Å². The highest BCUT2D eigenvalue weighted by atomic mass is 16.3. The number of aromatic nitrogens is 2. The lowest BCUT2D eigenvalue weighted by atomic mass is 10.0. The number of hydrogen-bond donors (Lipinski definition) is 0. The van der Waals surface area contributed by atoms with Gasteiger partial charge in [-0.2, -0.15) is 0 Å². The fraction of sp³-hybridized carbons (Fsp3) is 0.682. The fourth-order valence-corrected chi connectivity index (χ4v) is 4.32. The first-order valence-corrected chi connectivity index (χ1v) is 10.7. The van der Waals surface area contributed by atoms with Crippen molar-refractivity contribution in [2.45, 2.75) is 70.8 Å². The maximum Gasteiger partial charge on any atom is 0.232 e. The van der Waals surface area contributed by atoms with E-state index in [9.17, 15) is 4.79 Å². The Morgan fingerprint density at radius 3 is 2.68 bits per heavy atom. The van der Waals surface area contributed by atoms with E-state index in [1.807, 2.05) is 6.92 Å². The number of ketones is 1. The van der Waals surface area contributed by atoms with Crippen molar-refractivity contribution in [3.05, 3.63) is 17.7 Å². The lowest BCUT2D eigenvalue weighted by Gasteiger charge is -2.26. The van der Waals surface area contributed by atoms with Crippen LogP contribution in [-0.2, 0) is 0 Å². The number of likely N-dealkylation sites (tertiary alicyclic amines) is 1. The Balaban J connectivity index is 1.45. The summed E-state index contributed by atoms with van der Waals surface area (Å²) in [6, 6.07) is 0. The Hall–Kier alpha value is -1.95. The van der Waals surface area contributed by atoms with Gasteiger partial charge in [-0.15, -0.1) is 0 Å². The van der Waals surface area contributed by atoms with E-state index in [1.54, 1.807) is 0 Å². The van der Waals surface area contributed by atoms with Crippen molar-refractivity contribution in [3.63, 3.8) is 0 Å². The van der Waals surface area contributed by atoms with Crippen molar-refractivity contribution in [1.29, 1.82) is 0 Å². The SMILES string of the molecule is Cc1oc2ncnc(N(C)C3(C)CC3)c2c1C(=O)CCCCCN1CCCC1. The van der Waals surface area contributed by atoms with Crippen LogP contribution in [0.25, 0.3) is 11.1 Å². The molecule has 0 radical (unpaired) electrons. The van der Waals surface area contributed by atoms with E-state index in [1.165, 1.54) is 45.2 Å². The lowest BCUT2D eigenvalue weighted by molar-refractivity contribution is 0.0978. The van der Waals surface area contributed by atoms with Crippen LogP contribution in [0.5, 0.6) is 0 Å². The average molecular weight is 385 g/mol. The van der Waals surface area contributed by atoms with Gasteiger partial charge in [-0.05, 0) is 72.0 Å². The summed E-state index contributed by atoms with van der Waals surface area (Å²) in [5.74, 6) is 1.63. The first-order chi connectivity index (χ1) is 13.5. The molecule has 0 N–H and O–H groups in total. The summed E-state index contributed by atoms with van der Waals surface area (Å²) >= 11 is 0. The van der Waals surface area contributed by atoms with Crippen LogP contribution >= 0.6 is 0 Å². The number of nitrogens with zero attached hydrogens (tertiary/aromatic N) is 4. The number of fused-ring (bicyclic) bond motifs is 1. The standard InChI is InChI=1S/C22H32N4O2/c1-16-18(17(27)9-5-4-6-12-26-13-7-8-14-26)19-20(23-15-24-21(19)28-16)25(3)22(2)10-11-22/h15H,4-14H2,1-3H3. The van der Waals surface area contributed by atoms with Gasteiger partial charge in [0.15, 0.2) is 5.78 Å². The zero-order valence-electron chi connectivity index (χ0n) is 17.5. The van der Waals surface area contributed by atoms with Gasteiger partial charge in [0.25, 0.3) is 0 Å². The molecule has 2 aliphatic rings. The van der Waals surface area contributed by atoms with Gasteiger partial charge in [0.1, 0.15) is 17.9 Å². The number of hydrogen-bond acceptors (Lipinski definition) is 6. The minimum Gasteiger partial charge on any atom is -0.442 e. The second-order valence-corrected chi connectivity index (χ2v) is 8.75. The molecule has 0 amide bonds. The van der Waals surface area contributed by atoms with Crippen LogP contribution in [0.1, 0.15) is 74.4 Å². The minimum atomic E-state index is 0.127. The van der Waals surface area contributed by atoms with Crippen LogP contribution in [-0.4, -0.2) is 52.9 Å². The summed E-state index contributed by atoms with van der Waals surface area (Å²) in [6.45, 7) is 7.76. The molecule has 1 saturated heterocycles. The van der Waals surface area contributed by atoms with Crippen LogP contribution in [0.3, 0.4) is 0 Å². The molecule has 0 unspecified atom stereocenters. The Kier molecular flexibility index (Phi) is 5.41. The van der Waals surface area contributed by atoms with Crippen molar-refractivity contribution in [1.82, 2.24) is 14.9 Å². The Morgan fingerprint density at radius 1 is 1.21 bits per heavy atom. The quantitative estimate of drug-likeness (QED) is 0.473. The van der Waals surface area contributed by atoms with Gasteiger partial charge in [-0.25, -0.2) is 9.97 Å². The molecule has 0 aromatic carbocycles. The van der Waals surface area contributed by atoms with E-state index in [4.69, 9.17) is 4.42 Å². The first kappa shape index (κ1) is 19.4. The highest BCUT2D eigenvalue weighted by molar-refractivity contribution is 6.11. The summed E-state index contributed by atoms with van der Waals surface area (Å²) in [5, 5.41) is 0.790. The molecule has 0 bridgehead atoms. The van der Waals surface area contributed by atoms with Crippen LogP contribution in [0.4, 0.5) is 5.82 Å². The molecular formula is C22H32N4O2. The largest absolute Gasteiger partial charge is 0.442 e. The highest BCUT2D eigenvalue weighted by Gasteiger charge is 2.43. The number of anilines is 1. The molecule has 2 aromatic rings. The Bertz CT molecular complexity index is 850. The molecular weight excluding hydrogens is 352 g/mol. The topological polar surface area (TPSA) is 62.5 Å². The van der Waals surface area contributed by atoms with Gasteiger partial charge in [0.2, 0.25) is 5.71 Å². The van der Waals surface area contributed by atoms with E-state index in [0.29, 0.717) is 23.5 Å². The first-order valence-electron chi connectivity index (χ1n) is 10.7. The Morgan fingerprint density at radius 2 is 1.96 bits per heavy atom. The Labute approximate surface area is 167 Å². The summed E-state index contributed by atoms with van der Waals surface area (Å²) in [6.07, 6.45) is 10.3. The molecule has 28 heavy (non-hydrogen) atoms. The maximum atomic E-state index is 13.1. The molecule has 1 saturated carbocycles. The van der Waals surface area contributed by atoms with E-state index in [-0.39, 0.29) is 11.3 Å². The van der Waals surface area contributed by atoms with Crippen molar-refractivity contribution >= 4 is 22.7 Å². The van der Waals surface area contributed by atoms with E-state index < -0.39 is 0 Å². The number of furan rings is 1. The van der Waals surface area contributed by atoms with Crippen LogP contribution in [0, 0.1) is 6.92 Å². The van der Waals surface area contributed by atoms with Crippen LogP contribution in [0.15, 0.2) is 10.7 Å². The third kappa shape index (κ3) is 3.79. The lowest BCUT2D eigenvalue weighted by Crippen LogP contribution is -2.31. The zero-order chi connectivity index (χ0) is 19.7. The van der Waals surface area contributed by atoms with Crippen molar-refractivity contribution < 1.29 is 9.21 Å². The number of aryl methyl sites for hydroxylation is 1. The van der Waals surface area contributed by atoms with Gasteiger partial charge >= 0.3 is 0 Å². The third-order valence-corrected chi connectivity index (χ3v) is 6.60. The molecule has 1 aliphatic heterocycles. The van der Waals surface area contributed by atoms with Crippen molar-refractivity contribution in [3.8, 4) is 0 Å². The zero-order valence-corrected chi connectivity index (χ0v) is 17.5. The molecule has 3 heterocycles. The summed E-state index contributed by atoms with van der Waals surface area (Å²) in [7, 11) is 2.06. The highest BCUT2D eigenvalue weighted by Crippen LogP contribution is 2.44. The third-order valence-electron chi connectivity index (χ3n) is 6.60. The van der Waals surface area contributed by atoms with Gasteiger partial charge in [-0.3, -0.25) is 4.79 Å². The number of rotatable bonds is 9. The number of carbonyl (C=O) groups is 1. The van der Waals surface area contributed by atoms with Crippen molar-refractivity contribution in [2.75, 3.05) is 31.6 Å². The van der Waals surface area contributed by atoms with E-state index in [2.05, 4.69) is 33.7 Å². The van der Waals surface area contributed by atoms with Crippen LogP contribution in [0.2, 0.25) is 0 Å². The van der Waals surface area contributed by atoms with Crippen molar-refractivity contribution in [2.24, 2.45) is 0 Å². The second kappa shape index (κ2) is 7.82. The maximum absolute atomic E-state index is 13.1. The predicted octanol–water partition coefficient (Wildman–Crippen LogP) is 4.36. The van der Waals surface area contributed by atoms with E-state index >= 15 is 0 Å². The smallest absolute Gasteiger partial charge is 0.232 e. The molecule has 6 heteroatoms.